The molecule has 0 spiro atoms. The molecule has 5 heteroatoms. The molecule has 2 aromatic rings. The molecule has 3 rings (SSSR count). The second-order valence-electron chi connectivity index (χ2n) is 4.71. The molecule has 0 fully saturated rings. The maximum absolute atomic E-state index is 12.3. The third-order valence-corrected chi connectivity index (χ3v) is 3.29. The summed E-state index contributed by atoms with van der Waals surface area (Å²) in [7, 11) is 0. The number of aryl methyl sites for hydroxylation is 1. The maximum Gasteiger partial charge on any atom is 0.269 e. The van der Waals surface area contributed by atoms with Crippen LogP contribution in [0.1, 0.15) is 27.6 Å². The molecule has 1 atom stereocenters. The van der Waals surface area contributed by atoms with Crippen LogP contribution in [-0.2, 0) is 0 Å². The van der Waals surface area contributed by atoms with E-state index in [1.54, 1.807) is 24.3 Å². The zero-order valence-corrected chi connectivity index (χ0v) is 10.7. The Morgan fingerprint density at radius 3 is 2.50 bits per heavy atom. The lowest BCUT2D eigenvalue weighted by molar-refractivity contribution is -0.384. The van der Waals surface area contributed by atoms with Crippen LogP contribution in [0.15, 0.2) is 42.5 Å². The molecule has 0 saturated heterocycles. The Hall–Kier alpha value is -2.69. The molecule has 100 valence electrons. The van der Waals surface area contributed by atoms with E-state index in [2.05, 4.69) is 0 Å². The topological polar surface area (TPSA) is 69.4 Å². The van der Waals surface area contributed by atoms with Crippen molar-refractivity contribution in [1.82, 2.24) is 0 Å². The fourth-order valence-electron chi connectivity index (χ4n) is 2.25. The Balaban J connectivity index is 1.94. The van der Waals surface area contributed by atoms with Crippen LogP contribution in [0.25, 0.3) is 0 Å². The number of benzene rings is 2. The van der Waals surface area contributed by atoms with Crippen LogP contribution in [0.5, 0.6) is 5.75 Å². The number of nitrogens with zero attached hydrogens (tertiary/aromatic N) is 1. The highest BCUT2D eigenvalue weighted by Gasteiger charge is 2.33. The summed E-state index contributed by atoms with van der Waals surface area (Å²) in [6.07, 6.45) is -0.715. The lowest BCUT2D eigenvalue weighted by Gasteiger charge is -2.09. The molecule has 1 aliphatic heterocycles. The number of fused-ring (bicyclic) bond motifs is 1. The number of carbonyl (C=O) groups is 1. The highest BCUT2D eigenvalue weighted by molar-refractivity contribution is 6.05. The summed E-state index contributed by atoms with van der Waals surface area (Å²) >= 11 is 0. The zero-order valence-electron chi connectivity index (χ0n) is 10.7. The van der Waals surface area contributed by atoms with Crippen LogP contribution in [-0.4, -0.2) is 10.7 Å². The molecule has 1 unspecified atom stereocenters. The summed E-state index contributed by atoms with van der Waals surface area (Å²) in [5, 5.41) is 10.6. The molecule has 0 radical (unpaired) electrons. The number of Topliss-reactive ketones (excluding diaryl/α,β-unsaturated/α-hetero) is 1. The predicted molar refractivity (Wildman–Crippen MR) is 72.0 cm³/mol. The van der Waals surface area contributed by atoms with Crippen molar-refractivity contribution in [3.63, 3.8) is 0 Å². The molecule has 0 aliphatic carbocycles. The Bertz CT molecular complexity index is 706. The molecule has 0 saturated carbocycles. The van der Waals surface area contributed by atoms with Gasteiger partial charge in [0, 0.05) is 17.7 Å². The van der Waals surface area contributed by atoms with Crippen LogP contribution in [0, 0.1) is 17.0 Å². The maximum atomic E-state index is 12.3. The minimum Gasteiger partial charge on any atom is -0.477 e. The Labute approximate surface area is 115 Å². The minimum absolute atomic E-state index is 0.00689. The van der Waals surface area contributed by atoms with Crippen molar-refractivity contribution in [2.45, 2.75) is 13.0 Å². The monoisotopic (exact) mass is 269 g/mol. The summed E-state index contributed by atoms with van der Waals surface area (Å²) < 4.78 is 5.64. The van der Waals surface area contributed by atoms with E-state index in [1.807, 2.05) is 13.0 Å². The van der Waals surface area contributed by atoms with Gasteiger partial charge >= 0.3 is 0 Å². The van der Waals surface area contributed by atoms with Crippen LogP contribution in [0.4, 0.5) is 5.69 Å². The van der Waals surface area contributed by atoms with E-state index in [9.17, 15) is 14.9 Å². The lowest BCUT2D eigenvalue weighted by atomic mass is 10.0. The molecule has 0 aromatic heterocycles. The Kier molecular flexibility index (Phi) is 2.75. The number of nitro benzene ring substituents is 1. The van der Waals surface area contributed by atoms with Crippen LogP contribution >= 0.6 is 0 Å². The Morgan fingerprint density at radius 1 is 1.15 bits per heavy atom. The predicted octanol–water partition coefficient (Wildman–Crippen LogP) is 3.22. The molecule has 1 aliphatic rings. The second kappa shape index (κ2) is 4.45. The van der Waals surface area contributed by atoms with Gasteiger partial charge < -0.3 is 4.74 Å². The zero-order chi connectivity index (χ0) is 14.3. The van der Waals surface area contributed by atoms with Gasteiger partial charge in [0.15, 0.2) is 6.10 Å². The van der Waals surface area contributed by atoms with E-state index in [0.29, 0.717) is 16.9 Å². The van der Waals surface area contributed by atoms with E-state index in [1.165, 1.54) is 12.1 Å². The van der Waals surface area contributed by atoms with Crippen molar-refractivity contribution in [3.05, 3.63) is 69.3 Å². The number of hydrogen-bond acceptors (Lipinski definition) is 4. The SMILES string of the molecule is Cc1ccc2c(c1)C(=O)C(c1ccc([N+](=O)[O-])cc1)O2. The van der Waals surface area contributed by atoms with Gasteiger partial charge in [-0.3, -0.25) is 14.9 Å². The average Bonchev–Trinajstić information content (AvgIpc) is 2.76. The molecule has 0 bridgehead atoms. The Morgan fingerprint density at radius 2 is 1.85 bits per heavy atom. The summed E-state index contributed by atoms with van der Waals surface area (Å²) in [5.41, 5.74) is 2.17. The standard InChI is InChI=1S/C15H11NO4/c1-9-2-7-13-12(8-9)14(17)15(20-13)10-3-5-11(6-4-10)16(18)19/h2-8,15H,1H3. The number of nitro groups is 1. The molecule has 2 aromatic carbocycles. The number of non-ortho nitro benzene ring substituents is 1. The van der Waals surface area contributed by atoms with Crippen LogP contribution < -0.4 is 4.74 Å². The summed E-state index contributed by atoms with van der Waals surface area (Å²) in [6, 6.07) is 11.3. The molecular formula is C15H11NO4. The number of rotatable bonds is 2. The van der Waals surface area contributed by atoms with E-state index in [0.717, 1.165) is 5.56 Å². The third kappa shape index (κ3) is 1.93. The van der Waals surface area contributed by atoms with Crippen LogP contribution in [0.2, 0.25) is 0 Å². The number of carbonyl (C=O) groups excluding carboxylic acids is 1. The van der Waals surface area contributed by atoms with E-state index < -0.39 is 11.0 Å². The molecular weight excluding hydrogens is 258 g/mol. The van der Waals surface area contributed by atoms with Crippen molar-refractivity contribution in [3.8, 4) is 5.75 Å². The molecule has 20 heavy (non-hydrogen) atoms. The number of hydrogen-bond donors (Lipinski definition) is 0. The number of ketones is 1. The minimum atomic E-state index is -0.715. The molecule has 0 N–H and O–H groups in total. The van der Waals surface area contributed by atoms with E-state index in [-0.39, 0.29) is 11.5 Å². The third-order valence-electron chi connectivity index (χ3n) is 3.29. The molecule has 0 amide bonds. The summed E-state index contributed by atoms with van der Waals surface area (Å²) in [5.74, 6) is 0.446. The summed E-state index contributed by atoms with van der Waals surface area (Å²) in [4.78, 5) is 22.5. The molecule has 1 heterocycles. The smallest absolute Gasteiger partial charge is 0.269 e. The van der Waals surface area contributed by atoms with Crippen molar-refractivity contribution in [1.29, 1.82) is 0 Å². The first-order valence-electron chi connectivity index (χ1n) is 6.12. The van der Waals surface area contributed by atoms with Gasteiger partial charge in [-0.1, -0.05) is 11.6 Å². The largest absolute Gasteiger partial charge is 0.477 e. The first-order chi connectivity index (χ1) is 9.56. The van der Waals surface area contributed by atoms with Crippen LogP contribution in [0.3, 0.4) is 0 Å². The normalized spacial score (nSPS) is 16.6. The number of ether oxygens (including phenoxy) is 1. The van der Waals surface area contributed by atoms with E-state index >= 15 is 0 Å². The fourth-order valence-corrected chi connectivity index (χ4v) is 2.25. The van der Waals surface area contributed by atoms with Gasteiger partial charge in [0.1, 0.15) is 5.75 Å². The van der Waals surface area contributed by atoms with Gasteiger partial charge in [-0.15, -0.1) is 0 Å². The van der Waals surface area contributed by atoms with Gasteiger partial charge in [-0.05, 0) is 31.2 Å². The quantitative estimate of drug-likeness (QED) is 0.620. The average molecular weight is 269 g/mol. The van der Waals surface area contributed by atoms with Crippen molar-refractivity contribution in [2.75, 3.05) is 0 Å². The first-order valence-corrected chi connectivity index (χ1v) is 6.12. The first kappa shape index (κ1) is 12.3. The van der Waals surface area contributed by atoms with Crippen molar-refractivity contribution < 1.29 is 14.5 Å². The van der Waals surface area contributed by atoms with E-state index in [4.69, 9.17) is 4.74 Å². The van der Waals surface area contributed by atoms with Gasteiger partial charge in [0.25, 0.3) is 5.69 Å². The molecule has 5 nitrogen and oxygen atoms in total. The van der Waals surface area contributed by atoms with Gasteiger partial charge in [-0.25, -0.2) is 0 Å². The highest BCUT2D eigenvalue weighted by atomic mass is 16.6. The van der Waals surface area contributed by atoms with Crippen molar-refractivity contribution in [2.24, 2.45) is 0 Å². The highest BCUT2D eigenvalue weighted by Crippen LogP contribution is 2.37. The van der Waals surface area contributed by atoms with Crippen molar-refractivity contribution >= 4 is 11.5 Å². The second-order valence-corrected chi connectivity index (χ2v) is 4.71. The summed E-state index contributed by atoms with van der Waals surface area (Å²) in [6.45, 7) is 1.91. The van der Waals surface area contributed by atoms with Gasteiger partial charge in [0.2, 0.25) is 5.78 Å². The van der Waals surface area contributed by atoms with Gasteiger partial charge in [0.05, 0.1) is 10.5 Å². The lowest BCUT2D eigenvalue weighted by Crippen LogP contribution is -2.10. The van der Waals surface area contributed by atoms with Gasteiger partial charge in [-0.2, -0.15) is 0 Å². The fraction of sp³-hybridized carbons (Fsp3) is 0.133.